The molecule has 1 N–H and O–H groups in total. The van der Waals surface area contributed by atoms with E-state index in [2.05, 4.69) is 12.2 Å². The molecule has 0 radical (unpaired) electrons. The monoisotopic (exact) mass is 309 g/mol. The molecule has 2 rings (SSSR count). The number of nitrogens with one attached hydrogen (secondary N) is 1. The molecule has 0 saturated heterocycles. The fraction of sp³-hybridized carbons (Fsp3) is 0.588. The predicted octanol–water partition coefficient (Wildman–Crippen LogP) is 4.00. The highest BCUT2D eigenvalue weighted by Crippen LogP contribution is 2.27. The normalized spacial score (nSPS) is 21.8. The van der Waals surface area contributed by atoms with E-state index in [1.165, 1.54) is 0 Å². The SMILES string of the molecule is CCCOc1cccc(C(=O)NCC2CCCC(Cl)C2)c1. The molecule has 0 heterocycles. The second-order valence-electron chi connectivity index (χ2n) is 5.72. The highest BCUT2D eigenvalue weighted by molar-refractivity contribution is 6.20. The van der Waals surface area contributed by atoms with Gasteiger partial charge in [-0.2, -0.15) is 0 Å². The first-order valence-electron chi connectivity index (χ1n) is 7.84. The Kier molecular flexibility index (Phi) is 6.37. The molecule has 0 aliphatic heterocycles. The van der Waals surface area contributed by atoms with Crippen LogP contribution in [0.1, 0.15) is 49.4 Å². The number of carbonyl (C=O) groups excluding carboxylic acids is 1. The van der Waals surface area contributed by atoms with Crippen LogP contribution in [0.5, 0.6) is 5.75 Å². The van der Waals surface area contributed by atoms with E-state index < -0.39 is 0 Å². The average Bonchev–Trinajstić information content (AvgIpc) is 2.51. The van der Waals surface area contributed by atoms with Gasteiger partial charge in [-0.3, -0.25) is 4.79 Å². The third kappa shape index (κ3) is 5.24. The van der Waals surface area contributed by atoms with Gasteiger partial charge in [0.05, 0.1) is 6.61 Å². The summed E-state index contributed by atoms with van der Waals surface area (Å²) < 4.78 is 5.56. The van der Waals surface area contributed by atoms with E-state index in [4.69, 9.17) is 16.3 Å². The summed E-state index contributed by atoms with van der Waals surface area (Å²) in [7, 11) is 0. The Labute approximate surface area is 132 Å². The molecule has 116 valence electrons. The van der Waals surface area contributed by atoms with E-state index in [-0.39, 0.29) is 11.3 Å². The van der Waals surface area contributed by atoms with Crippen LogP contribution in [0.4, 0.5) is 0 Å². The third-order valence-electron chi connectivity index (χ3n) is 3.84. The minimum Gasteiger partial charge on any atom is -0.494 e. The fourth-order valence-electron chi connectivity index (χ4n) is 2.70. The van der Waals surface area contributed by atoms with E-state index in [1.54, 1.807) is 6.07 Å². The van der Waals surface area contributed by atoms with Crippen LogP contribution in [0.3, 0.4) is 0 Å². The number of amides is 1. The number of hydrogen-bond acceptors (Lipinski definition) is 2. The molecule has 0 aromatic heterocycles. The van der Waals surface area contributed by atoms with Gasteiger partial charge < -0.3 is 10.1 Å². The summed E-state index contributed by atoms with van der Waals surface area (Å²) >= 11 is 6.18. The van der Waals surface area contributed by atoms with Gasteiger partial charge in [-0.05, 0) is 49.8 Å². The summed E-state index contributed by atoms with van der Waals surface area (Å²) in [6.07, 6.45) is 5.38. The number of halogens is 1. The zero-order chi connectivity index (χ0) is 15.1. The standard InChI is InChI=1S/C17H24ClNO2/c1-2-9-21-16-8-4-6-14(11-16)17(20)19-12-13-5-3-7-15(18)10-13/h4,6,8,11,13,15H,2-3,5,7,9-10,12H2,1H3,(H,19,20). The number of benzene rings is 1. The molecule has 1 aromatic rings. The summed E-state index contributed by atoms with van der Waals surface area (Å²) in [5.74, 6) is 1.22. The molecule has 3 nitrogen and oxygen atoms in total. The number of rotatable bonds is 6. The maximum Gasteiger partial charge on any atom is 0.251 e. The summed E-state index contributed by atoms with van der Waals surface area (Å²) in [4.78, 5) is 12.2. The van der Waals surface area contributed by atoms with E-state index in [0.717, 1.165) is 37.9 Å². The van der Waals surface area contributed by atoms with E-state index in [0.29, 0.717) is 24.6 Å². The lowest BCUT2D eigenvalue weighted by Gasteiger charge is -2.25. The van der Waals surface area contributed by atoms with Crippen LogP contribution < -0.4 is 10.1 Å². The minimum absolute atomic E-state index is 0.0337. The number of alkyl halides is 1. The summed E-state index contributed by atoms with van der Waals surface area (Å²) in [5.41, 5.74) is 0.654. The van der Waals surface area contributed by atoms with Crippen molar-refractivity contribution in [2.45, 2.75) is 44.4 Å². The van der Waals surface area contributed by atoms with Gasteiger partial charge in [0.25, 0.3) is 5.91 Å². The van der Waals surface area contributed by atoms with Crippen LogP contribution in [-0.2, 0) is 0 Å². The van der Waals surface area contributed by atoms with Gasteiger partial charge in [-0.15, -0.1) is 11.6 Å². The van der Waals surface area contributed by atoms with Crippen molar-refractivity contribution >= 4 is 17.5 Å². The molecule has 0 spiro atoms. The maximum absolute atomic E-state index is 12.2. The largest absolute Gasteiger partial charge is 0.494 e. The number of ether oxygens (including phenoxy) is 1. The van der Waals surface area contributed by atoms with E-state index >= 15 is 0 Å². The van der Waals surface area contributed by atoms with Gasteiger partial charge in [-0.1, -0.05) is 19.4 Å². The summed E-state index contributed by atoms with van der Waals surface area (Å²) in [5, 5.41) is 3.29. The predicted molar refractivity (Wildman–Crippen MR) is 86.2 cm³/mol. The first-order valence-corrected chi connectivity index (χ1v) is 8.27. The Morgan fingerprint density at radius 2 is 2.29 bits per heavy atom. The maximum atomic E-state index is 12.2. The van der Waals surface area contributed by atoms with Crippen molar-refractivity contribution in [3.05, 3.63) is 29.8 Å². The third-order valence-corrected chi connectivity index (χ3v) is 4.24. The molecule has 1 saturated carbocycles. The molecule has 2 unspecified atom stereocenters. The topological polar surface area (TPSA) is 38.3 Å². The zero-order valence-corrected chi connectivity index (χ0v) is 13.4. The van der Waals surface area contributed by atoms with Crippen molar-refractivity contribution in [2.24, 2.45) is 5.92 Å². The number of carbonyl (C=O) groups is 1. The molecule has 1 fully saturated rings. The first-order chi connectivity index (χ1) is 10.2. The van der Waals surface area contributed by atoms with Crippen molar-refractivity contribution in [1.29, 1.82) is 0 Å². The molecular weight excluding hydrogens is 286 g/mol. The smallest absolute Gasteiger partial charge is 0.251 e. The van der Waals surface area contributed by atoms with Crippen LogP contribution in [0.2, 0.25) is 0 Å². The minimum atomic E-state index is -0.0337. The Morgan fingerprint density at radius 1 is 1.43 bits per heavy atom. The first kappa shape index (κ1) is 16.2. The molecule has 1 amide bonds. The molecule has 4 heteroatoms. The van der Waals surface area contributed by atoms with Crippen molar-refractivity contribution in [2.75, 3.05) is 13.2 Å². The highest BCUT2D eigenvalue weighted by atomic mass is 35.5. The molecule has 1 aliphatic carbocycles. The van der Waals surface area contributed by atoms with Crippen LogP contribution >= 0.6 is 11.6 Å². The van der Waals surface area contributed by atoms with E-state index in [9.17, 15) is 4.79 Å². The van der Waals surface area contributed by atoms with Crippen LogP contribution in [0.15, 0.2) is 24.3 Å². The quantitative estimate of drug-likeness (QED) is 0.807. The summed E-state index contributed by atoms with van der Waals surface area (Å²) in [6.45, 7) is 3.44. The van der Waals surface area contributed by atoms with Crippen molar-refractivity contribution in [1.82, 2.24) is 5.32 Å². The molecule has 2 atom stereocenters. The molecule has 1 aromatic carbocycles. The molecule has 21 heavy (non-hydrogen) atoms. The summed E-state index contributed by atoms with van der Waals surface area (Å²) in [6, 6.07) is 7.36. The highest BCUT2D eigenvalue weighted by Gasteiger charge is 2.20. The lowest BCUT2D eigenvalue weighted by molar-refractivity contribution is 0.0943. The van der Waals surface area contributed by atoms with Crippen molar-refractivity contribution in [3.63, 3.8) is 0 Å². The van der Waals surface area contributed by atoms with Crippen molar-refractivity contribution in [3.8, 4) is 5.75 Å². The molecule has 1 aliphatic rings. The van der Waals surface area contributed by atoms with Gasteiger partial charge in [0.2, 0.25) is 0 Å². The van der Waals surface area contributed by atoms with Crippen LogP contribution in [0, 0.1) is 5.92 Å². The molecule has 0 bridgehead atoms. The van der Waals surface area contributed by atoms with Crippen LogP contribution in [0.25, 0.3) is 0 Å². The average molecular weight is 310 g/mol. The Bertz CT molecular complexity index is 464. The van der Waals surface area contributed by atoms with Gasteiger partial charge in [0.15, 0.2) is 0 Å². The van der Waals surface area contributed by atoms with Gasteiger partial charge in [0.1, 0.15) is 5.75 Å². The fourth-order valence-corrected chi connectivity index (χ4v) is 3.10. The molecular formula is C17H24ClNO2. The Morgan fingerprint density at radius 3 is 3.05 bits per heavy atom. The lowest BCUT2D eigenvalue weighted by atomic mass is 9.89. The Balaban J connectivity index is 1.85. The van der Waals surface area contributed by atoms with E-state index in [1.807, 2.05) is 18.2 Å². The van der Waals surface area contributed by atoms with Gasteiger partial charge in [0, 0.05) is 17.5 Å². The second kappa shape index (κ2) is 8.28. The van der Waals surface area contributed by atoms with Crippen LogP contribution in [-0.4, -0.2) is 24.4 Å². The second-order valence-corrected chi connectivity index (χ2v) is 6.33. The lowest BCUT2D eigenvalue weighted by Crippen LogP contribution is -2.32. The van der Waals surface area contributed by atoms with Gasteiger partial charge in [-0.25, -0.2) is 0 Å². The number of hydrogen-bond donors (Lipinski definition) is 1. The van der Waals surface area contributed by atoms with Crippen molar-refractivity contribution < 1.29 is 9.53 Å². The zero-order valence-electron chi connectivity index (χ0n) is 12.6. The van der Waals surface area contributed by atoms with Gasteiger partial charge >= 0.3 is 0 Å². The Hall–Kier alpha value is -1.22.